The summed E-state index contributed by atoms with van der Waals surface area (Å²) in [5.41, 5.74) is 1.05. The fourth-order valence-corrected chi connectivity index (χ4v) is 2.80. The third-order valence-corrected chi connectivity index (χ3v) is 4.10. The first kappa shape index (κ1) is 11.8. The lowest BCUT2D eigenvalue weighted by Gasteiger charge is -2.01. The van der Waals surface area contributed by atoms with E-state index in [9.17, 15) is 8.42 Å². The van der Waals surface area contributed by atoms with E-state index in [1.807, 2.05) is 37.3 Å². The molecule has 0 radical (unpaired) electrons. The van der Waals surface area contributed by atoms with Crippen LogP contribution in [0.25, 0.3) is 0 Å². The second-order valence-corrected chi connectivity index (χ2v) is 5.91. The summed E-state index contributed by atoms with van der Waals surface area (Å²) in [6.45, 7) is 1.93. The maximum atomic E-state index is 12.1. The Kier molecular flexibility index (Phi) is 3.24. The Labute approximate surface area is 101 Å². The van der Waals surface area contributed by atoms with Gasteiger partial charge in [-0.05, 0) is 19.1 Å². The van der Waals surface area contributed by atoms with E-state index in [1.54, 1.807) is 29.1 Å². The molecule has 0 unspecified atom stereocenters. The van der Waals surface area contributed by atoms with Crippen molar-refractivity contribution in [1.82, 2.24) is 0 Å². The molecule has 17 heavy (non-hydrogen) atoms. The first-order chi connectivity index (χ1) is 8.08. The van der Waals surface area contributed by atoms with Crippen LogP contribution in [-0.4, -0.2) is 8.42 Å². The normalized spacial score (nSPS) is 11.4. The topological polar surface area (TPSA) is 38.0 Å². The molecule has 0 aliphatic rings. The van der Waals surface area contributed by atoms with Gasteiger partial charge in [-0.25, -0.2) is 8.42 Å². The number of aryl methyl sites for hydroxylation is 1. The van der Waals surface area contributed by atoms with Crippen molar-refractivity contribution in [3.8, 4) is 0 Å². The predicted molar refractivity (Wildman–Crippen MR) is 65.0 cm³/mol. The summed E-state index contributed by atoms with van der Waals surface area (Å²) < 4.78 is 25.8. The van der Waals surface area contributed by atoms with Crippen LogP contribution in [0.4, 0.5) is 0 Å². The summed E-state index contributed by atoms with van der Waals surface area (Å²) in [6.07, 6.45) is 3.48. The fraction of sp³-hybridized carbons (Fsp3) is 0.154. The molecule has 0 atom stereocenters. The molecule has 1 aromatic carbocycles. The van der Waals surface area contributed by atoms with Gasteiger partial charge in [0.15, 0.2) is 12.4 Å². The molecule has 0 N–H and O–H groups in total. The average molecular weight is 248 g/mol. The van der Waals surface area contributed by atoms with Crippen molar-refractivity contribution in [3.63, 3.8) is 0 Å². The Morgan fingerprint density at radius 1 is 1.00 bits per heavy atom. The van der Waals surface area contributed by atoms with Crippen molar-refractivity contribution in [1.29, 1.82) is 0 Å². The first-order valence-corrected chi connectivity index (χ1v) is 6.97. The van der Waals surface area contributed by atoms with Gasteiger partial charge < -0.3 is 0 Å². The molecule has 2 aromatic rings. The molecule has 3 nitrogen and oxygen atoms in total. The highest BCUT2D eigenvalue weighted by molar-refractivity contribution is 7.90. The zero-order valence-electron chi connectivity index (χ0n) is 9.58. The molecular formula is C13H14NO2S+. The van der Waals surface area contributed by atoms with Gasteiger partial charge in [-0.3, -0.25) is 0 Å². The summed E-state index contributed by atoms with van der Waals surface area (Å²) in [4.78, 5) is 0.361. The SMILES string of the molecule is Cc1ccc(S(=O)(=O)C[n+]2ccccc2)cc1. The molecular weight excluding hydrogens is 234 g/mol. The predicted octanol–water partition coefficient (Wildman–Crippen LogP) is 1.71. The average Bonchev–Trinajstić information content (AvgIpc) is 2.30. The van der Waals surface area contributed by atoms with Crippen LogP contribution in [0.3, 0.4) is 0 Å². The Bertz CT molecular complexity index is 589. The van der Waals surface area contributed by atoms with E-state index >= 15 is 0 Å². The Hall–Kier alpha value is -1.68. The second kappa shape index (κ2) is 4.67. The lowest BCUT2D eigenvalue weighted by atomic mass is 10.2. The minimum atomic E-state index is -3.27. The van der Waals surface area contributed by atoms with Crippen LogP contribution in [-0.2, 0) is 15.7 Å². The van der Waals surface area contributed by atoms with Crippen molar-refractivity contribution < 1.29 is 13.0 Å². The molecule has 0 bridgehead atoms. The van der Waals surface area contributed by atoms with Gasteiger partial charge in [-0.1, -0.05) is 23.8 Å². The zero-order valence-corrected chi connectivity index (χ0v) is 10.4. The maximum absolute atomic E-state index is 12.1. The van der Waals surface area contributed by atoms with E-state index in [0.29, 0.717) is 4.90 Å². The first-order valence-electron chi connectivity index (χ1n) is 5.31. The molecule has 0 amide bonds. The number of sulfone groups is 1. The van der Waals surface area contributed by atoms with Crippen LogP contribution >= 0.6 is 0 Å². The molecule has 1 heterocycles. The second-order valence-electron chi connectivity index (χ2n) is 3.95. The highest BCUT2D eigenvalue weighted by Crippen LogP contribution is 2.11. The monoisotopic (exact) mass is 248 g/mol. The number of hydrogen-bond donors (Lipinski definition) is 0. The molecule has 88 valence electrons. The van der Waals surface area contributed by atoms with Gasteiger partial charge in [0.1, 0.15) is 0 Å². The number of rotatable bonds is 3. The van der Waals surface area contributed by atoms with Crippen LogP contribution < -0.4 is 4.57 Å². The van der Waals surface area contributed by atoms with Gasteiger partial charge in [0.2, 0.25) is 9.84 Å². The van der Waals surface area contributed by atoms with Crippen LogP contribution in [0.5, 0.6) is 0 Å². The van der Waals surface area contributed by atoms with E-state index in [4.69, 9.17) is 0 Å². The van der Waals surface area contributed by atoms with Crippen molar-refractivity contribution >= 4 is 9.84 Å². The van der Waals surface area contributed by atoms with Crippen LogP contribution in [0.15, 0.2) is 59.8 Å². The summed E-state index contributed by atoms with van der Waals surface area (Å²) >= 11 is 0. The van der Waals surface area contributed by atoms with Gasteiger partial charge in [0.05, 0.1) is 4.90 Å². The molecule has 0 aliphatic heterocycles. The van der Waals surface area contributed by atoms with Crippen molar-refractivity contribution in [3.05, 3.63) is 60.4 Å². The van der Waals surface area contributed by atoms with E-state index < -0.39 is 9.84 Å². The number of aromatic nitrogens is 1. The van der Waals surface area contributed by atoms with Crippen LogP contribution in [0, 0.1) is 6.92 Å². The van der Waals surface area contributed by atoms with Gasteiger partial charge >= 0.3 is 0 Å². The van der Waals surface area contributed by atoms with E-state index in [2.05, 4.69) is 0 Å². The largest absolute Gasteiger partial charge is 0.252 e. The van der Waals surface area contributed by atoms with Gasteiger partial charge in [-0.2, -0.15) is 4.57 Å². The van der Waals surface area contributed by atoms with Crippen molar-refractivity contribution in [2.24, 2.45) is 0 Å². The Morgan fingerprint density at radius 3 is 2.18 bits per heavy atom. The summed E-state index contributed by atoms with van der Waals surface area (Å²) in [7, 11) is -3.27. The Morgan fingerprint density at radius 2 is 1.59 bits per heavy atom. The Balaban J connectivity index is 2.29. The van der Waals surface area contributed by atoms with Crippen LogP contribution in [0.1, 0.15) is 5.56 Å². The molecule has 0 saturated heterocycles. The van der Waals surface area contributed by atoms with Crippen LogP contribution in [0.2, 0.25) is 0 Å². The number of nitrogens with zero attached hydrogens (tertiary/aromatic N) is 1. The summed E-state index contributed by atoms with van der Waals surface area (Å²) in [5.74, 6) is -0.0309. The minimum absolute atomic E-state index is 0.0309. The maximum Gasteiger partial charge on any atom is 0.252 e. The van der Waals surface area contributed by atoms with E-state index in [-0.39, 0.29) is 5.88 Å². The minimum Gasteiger partial charge on any atom is -0.217 e. The summed E-state index contributed by atoms with van der Waals surface area (Å²) in [5, 5.41) is 0. The highest BCUT2D eigenvalue weighted by atomic mass is 32.2. The summed E-state index contributed by atoms with van der Waals surface area (Å²) in [6, 6.07) is 12.4. The number of benzene rings is 1. The molecule has 4 heteroatoms. The molecule has 1 aromatic heterocycles. The number of hydrogen-bond acceptors (Lipinski definition) is 2. The quantitative estimate of drug-likeness (QED) is 0.776. The third kappa shape index (κ3) is 2.91. The lowest BCUT2D eigenvalue weighted by Crippen LogP contribution is -2.36. The lowest BCUT2D eigenvalue weighted by molar-refractivity contribution is -0.677. The number of pyridine rings is 1. The van der Waals surface area contributed by atoms with E-state index in [0.717, 1.165) is 5.56 Å². The molecule has 0 saturated carbocycles. The van der Waals surface area contributed by atoms with Crippen molar-refractivity contribution in [2.45, 2.75) is 17.7 Å². The molecule has 0 fully saturated rings. The highest BCUT2D eigenvalue weighted by Gasteiger charge is 2.19. The van der Waals surface area contributed by atoms with Crippen molar-refractivity contribution in [2.75, 3.05) is 0 Å². The smallest absolute Gasteiger partial charge is 0.217 e. The van der Waals surface area contributed by atoms with Gasteiger partial charge in [0, 0.05) is 12.1 Å². The van der Waals surface area contributed by atoms with Gasteiger partial charge in [0.25, 0.3) is 5.88 Å². The molecule has 0 spiro atoms. The molecule has 2 rings (SSSR count). The van der Waals surface area contributed by atoms with Gasteiger partial charge in [-0.15, -0.1) is 0 Å². The molecule has 0 aliphatic carbocycles. The van der Waals surface area contributed by atoms with E-state index in [1.165, 1.54) is 0 Å². The standard InChI is InChI=1S/C13H14NO2S/c1-12-5-7-13(8-6-12)17(15,16)11-14-9-3-2-4-10-14/h2-10H,11H2,1H3/q+1. The fourth-order valence-electron chi connectivity index (χ4n) is 1.54. The zero-order chi connectivity index (χ0) is 12.3. The third-order valence-electron chi connectivity index (χ3n) is 2.48.